The maximum absolute atomic E-state index is 13.9. The first kappa shape index (κ1) is 28.6. The van der Waals surface area contributed by atoms with E-state index in [0.717, 1.165) is 36.3 Å². The van der Waals surface area contributed by atoms with Gasteiger partial charge in [-0.15, -0.1) is 0 Å². The first-order chi connectivity index (χ1) is 18.8. The summed E-state index contributed by atoms with van der Waals surface area (Å²) >= 11 is 1.37. The monoisotopic (exact) mass is 545 g/mol. The Morgan fingerprint density at radius 1 is 1.05 bits per heavy atom. The Balaban J connectivity index is 1.89. The van der Waals surface area contributed by atoms with Crippen LogP contribution in [0.3, 0.4) is 0 Å². The van der Waals surface area contributed by atoms with Crippen LogP contribution in [0.4, 0.5) is 5.69 Å². The summed E-state index contributed by atoms with van der Waals surface area (Å²) in [4.78, 5) is 35.0. The Bertz CT molecular complexity index is 1510. The SMILES string of the molecule is CCCC1=C(C(=O)OCC)[C@H](c2ccc(C(C)C)cc2)n2c(s/c(=C\c3ccc(N(CC)CC)cc3)c2=O)=N1. The quantitative estimate of drug-likeness (QED) is 0.314. The molecule has 3 aromatic rings. The average Bonchev–Trinajstić information content (AvgIpc) is 3.24. The zero-order valence-electron chi connectivity index (χ0n) is 23.9. The van der Waals surface area contributed by atoms with Gasteiger partial charge in [-0.3, -0.25) is 9.36 Å². The van der Waals surface area contributed by atoms with Crippen molar-refractivity contribution >= 4 is 29.1 Å². The number of hydrogen-bond acceptors (Lipinski definition) is 6. The molecule has 0 aliphatic carbocycles. The first-order valence-electron chi connectivity index (χ1n) is 14.0. The molecule has 0 unspecified atom stereocenters. The van der Waals surface area contributed by atoms with Crippen LogP contribution >= 0.6 is 11.3 Å². The third kappa shape index (κ3) is 5.93. The lowest BCUT2D eigenvalue weighted by Crippen LogP contribution is -2.40. The third-order valence-corrected chi connectivity index (χ3v) is 8.11. The molecule has 0 amide bonds. The van der Waals surface area contributed by atoms with E-state index in [2.05, 4.69) is 63.8 Å². The minimum absolute atomic E-state index is 0.151. The molecule has 2 heterocycles. The molecule has 1 atom stereocenters. The van der Waals surface area contributed by atoms with E-state index in [1.807, 2.05) is 30.3 Å². The van der Waals surface area contributed by atoms with Gasteiger partial charge in [0, 0.05) is 18.8 Å². The number of esters is 1. The van der Waals surface area contributed by atoms with Crippen LogP contribution in [0.1, 0.15) is 83.0 Å². The van der Waals surface area contributed by atoms with Gasteiger partial charge in [0.15, 0.2) is 4.80 Å². The lowest BCUT2D eigenvalue weighted by atomic mass is 9.92. The predicted molar refractivity (Wildman–Crippen MR) is 160 cm³/mol. The molecular weight excluding hydrogens is 506 g/mol. The lowest BCUT2D eigenvalue weighted by molar-refractivity contribution is -0.139. The van der Waals surface area contributed by atoms with Crippen molar-refractivity contribution in [1.29, 1.82) is 0 Å². The highest BCUT2D eigenvalue weighted by atomic mass is 32.1. The van der Waals surface area contributed by atoms with Crippen molar-refractivity contribution in [3.63, 3.8) is 0 Å². The highest BCUT2D eigenvalue weighted by Crippen LogP contribution is 2.33. The summed E-state index contributed by atoms with van der Waals surface area (Å²) in [6.07, 6.45) is 3.38. The molecule has 4 rings (SSSR count). The summed E-state index contributed by atoms with van der Waals surface area (Å²) in [6.45, 7) is 14.6. The van der Waals surface area contributed by atoms with E-state index in [1.54, 1.807) is 11.5 Å². The molecule has 1 aromatic heterocycles. The molecule has 0 spiro atoms. The van der Waals surface area contributed by atoms with E-state index in [4.69, 9.17) is 9.73 Å². The van der Waals surface area contributed by atoms with E-state index in [9.17, 15) is 9.59 Å². The van der Waals surface area contributed by atoms with Gasteiger partial charge in [0.25, 0.3) is 5.56 Å². The standard InChI is InChI=1S/C32H39N3O3S/c1-7-11-26-28(31(37)38-10-4)29(24-16-14-23(15-17-24)21(5)6)35-30(36)27(39-32(35)33-26)20-22-12-18-25(19-13-22)34(8-2)9-3/h12-21,29H,7-11H2,1-6H3/b27-20-/t29-/m0/s1. The number of ether oxygens (including phenoxy) is 1. The molecule has 0 fully saturated rings. The number of thiazole rings is 1. The summed E-state index contributed by atoms with van der Waals surface area (Å²) < 4.78 is 7.77. The topological polar surface area (TPSA) is 63.9 Å². The Morgan fingerprint density at radius 3 is 2.28 bits per heavy atom. The Morgan fingerprint density at radius 2 is 1.72 bits per heavy atom. The minimum Gasteiger partial charge on any atom is -0.463 e. The number of hydrogen-bond donors (Lipinski definition) is 0. The van der Waals surface area contributed by atoms with Crippen molar-refractivity contribution in [1.82, 2.24) is 4.57 Å². The number of aromatic nitrogens is 1. The van der Waals surface area contributed by atoms with Gasteiger partial charge < -0.3 is 9.64 Å². The van der Waals surface area contributed by atoms with Crippen molar-refractivity contribution in [3.05, 3.63) is 96.2 Å². The molecule has 206 valence electrons. The van der Waals surface area contributed by atoms with Crippen LogP contribution < -0.4 is 19.8 Å². The molecule has 1 aliphatic heterocycles. The normalized spacial score (nSPS) is 15.4. The highest BCUT2D eigenvalue weighted by molar-refractivity contribution is 7.07. The van der Waals surface area contributed by atoms with Crippen LogP contribution in [0.5, 0.6) is 0 Å². The van der Waals surface area contributed by atoms with Gasteiger partial charge >= 0.3 is 5.97 Å². The van der Waals surface area contributed by atoms with Gasteiger partial charge in [-0.25, -0.2) is 9.79 Å². The average molecular weight is 546 g/mol. The summed E-state index contributed by atoms with van der Waals surface area (Å²) in [6, 6.07) is 15.9. The second-order valence-electron chi connectivity index (χ2n) is 10.00. The largest absolute Gasteiger partial charge is 0.463 e. The molecule has 2 aromatic carbocycles. The van der Waals surface area contributed by atoms with Gasteiger partial charge in [0.05, 0.1) is 28.5 Å². The molecule has 0 radical (unpaired) electrons. The fraction of sp³-hybridized carbons (Fsp3) is 0.406. The van der Waals surface area contributed by atoms with Crippen molar-refractivity contribution in [2.75, 3.05) is 24.6 Å². The second kappa shape index (κ2) is 12.6. The van der Waals surface area contributed by atoms with Gasteiger partial charge in [-0.2, -0.15) is 0 Å². The zero-order chi connectivity index (χ0) is 28.1. The number of rotatable bonds is 10. The Kier molecular flexibility index (Phi) is 9.23. The zero-order valence-corrected chi connectivity index (χ0v) is 24.7. The number of fused-ring (bicyclic) bond motifs is 1. The number of allylic oxidation sites excluding steroid dienone is 1. The van der Waals surface area contributed by atoms with E-state index in [1.165, 1.54) is 16.9 Å². The molecule has 0 bridgehead atoms. The second-order valence-corrected chi connectivity index (χ2v) is 11.0. The first-order valence-corrected chi connectivity index (χ1v) is 14.8. The molecule has 0 N–H and O–H groups in total. The number of carbonyl (C=O) groups is 1. The molecule has 0 saturated heterocycles. The van der Waals surface area contributed by atoms with Crippen molar-refractivity contribution in [2.45, 2.75) is 66.3 Å². The lowest BCUT2D eigenvalue weighted by Gasteiger charge is -2.26. The number of benzene rings is 2. The number of carbonyl (C=O) groups excluding carboxylic acids is 1. The van der Waals surface area contributed by atoms with E-state index < -0.39 is 12.0 Å². The summed E-state index contributed by atoms with van der Waals surface area (Å²) in [5.41, 5.74) is 5.20. The molecule has 7 heteroatoms. The molecule has 39 heavy (non-hydrogen) atoms. The number of nitrogens with zero attached hydrogens (tertiary/aromatic N) is 3. The van der Waals surface area contributed by atoms with Gasteiger partial charge in [0.2, 0.25) is 0 Å². The maximum Gasteiger partial charge on any atom is 0.338 e. The molecular formula is C32H39N3O3S. The summed E-state index contributed by atoms with van der Waals surface area (Å²) in [5, 5.41) is 0. The maximum atomic E-state index is 13.9. The third-order valence-electron chi connectivity index (χ3n) is 7.13. The smallest absolute Gasteiger partial charge is 0.338 e. The van der Waals surface area contributed by atoms with E-state index in [-0.39, 0.29) is 12.2 Å². The van der Waals surface area contributed by atoms with Crippen molar-refractivity contribution in [2.24, 2.45) is 4.99 Å². The minimum atomic E-state index is -0.588. The summed E-state index contributed by atoms with van der Waals surface area (Å²) in [5.74, 6) is -0.0335. The fourth-order valence-corrected chi connectivity index (χ4v) is 6.04. The van der Waals surface area contributed by atoms with Crippen LogP contribution in [0.2, 0.25) is 0 Å². The predicted octanol–water partition coefficient (Wildman–Crippen LogP) is 5.55. The van der Waals surface area contributed by atoms with Gasteiger partial charge in [-0.05, 0) is 68.0 Å². The van der Waals surface area contributed by atoms with E-state index >= 15 is 0 Å². The Hall–Kier alpha value is -3.45. The fourth-order valence-electron chi connectivity index (χ4n) is 5.02. The van der Waals surface area contributed by atoms with Crippen LogP contribution in [0, 0.1) is 0 Å². The van der Waals surface area contributed by atoms with Crippen LogP contribution in [0.25, 0.3) is 6.08 Å². The van der Waals surface area contributed by atoms with E-state index in [0.29, 0.717) is 32.9 Å². The molecule has 6 nitrogen and oxygen atoms in total. The van der Waals surface area contributed by atoms with Gasteiger partial charge in [0.1, 0.15) is 0 Å². The molecule has 1 aliphatic rings. The summed E-state index contributed by atoms with van der Waals surface area (Å²) in [7, 11) is 0. The Labute approximate surface area is 235 Å². The van der Waals surface area contributed by atoms with Crippen LogP contribution in [-0.4, -0.2) is 30.2 Å². The van der Waals surface area contributed by atoms with Crippen molar-refractivity contribution in [3.8, 4) is 0 Å². The number of anilines is 1. The van der Waals surface area contributed by atoms with Crippen LogP contribution in [-0.2, 0) is 9.53 Å². The van der Waals surface area contributed by atoms with Crippen LogP contribution in [0.15, 0.2) is 69.6 Å². The highest BCUT2D eigenvalue weighted by Gasteiger charge is 2.34. The van der Waals surface area contributed by atoms with Crippen molar-refractivity contribution < 1.29 is 9.53 Å². The van der Waals surface area contributed by atoms with Gasteiger partial charge in [-0.1, -0.05) is 74.9 Å². The molecule has 0 saturated carbocycles.